The van der Waals surface area contributed by atoms with Crippen LogP contribution in [0.3, 0.4) is 0 Å². The van der Waals surface area contributed by atoms with Crippen molar-refractivity contribution in [1.29, 1.82) is 0 Å². The molecule has 0 atom stereocenters. The molecule has 0 fully saturated rings. The molecule has 3 aromatic carbocycles. The number of carbonyl (C=O) groups is 1. The Morgan fingerprint density at radius 2 is 1.39 bits per heavy atom. The van der Waals surface area contributed by atoms with Crippen molar-refractivity contribution < 1.29 is 9.21 Å². The summed E-state index contributed by atoms with van der Waals surface area (Å²) in [5.41, 5.74) is 4.45. The lowest BCUT2D eigenvalue weighted by Gasteiger charge is -2.05. The molecule has 0 radical (unpaired) electrons. The molecule has 5 heteroatoms. The van der Waals surface area contributed by atoms with E-state index in [1.54, 1.807) is 12.1 Å². The van der Waals surface area contributed by atoms with Crippen molar-refractivity contribution in [3.05, 3.63) is 95.6 Å². The van der Waals surface area contributed by atoms with Crippen molar-refractivity contribution >= 4 is 5.91 Å². The quantitative estimate of drug-likeness (QED) is 0.556. The van der Waals surface area contributed by atoms with Gasteiger partial charge >= 0.3 is 0 Å². The smallest absolute Gasteiger partial charge is 0.251 e. The standard InChI is InChI=1S/C23H19N3O2/c1-16-7-9-19(10-8-16)22-25-26-23(28-22)20-13-11-18(12-14-20)21(27)24-15-17-5-3-2-4-6-17/h2-14H,15H2,1H3,(H,24,27). The number of benzene rings is 3. The third kappa shape index (κ3) is 3.99. The molecular weight excluding hydrogens is 350 g/mol. The van der Waals surface area contributed by atoms with Crippen molar-refractivity contribution in [2.75, 3.05) is 0 Å². The number of carbonyl (C=O) groups excluding carboxylic acids is 1. The molecule has 1 aromatic heterocycles. The molecule has 5 nitrogen and oxygen atoms in total. The largest absolute Gasteiger partial charge is 0.416 e. The first-order chi connectivity index (χ1) is 13.7. The van der Waals surface area contributed by atoms with Crippen LogP contribution < -0.4 is 5.32 Å². The van der Waals surface area contributed by atoms with Crippen molar-refractivity contribution in [3.8, 4) is 22.9 Å². The number of aromatic nitrogens is 2. The Morgan fingerprint density at radius 3 is 2.00 bits per heavy atom. The predicted molar refractivity (Wildman–Crippen MR) is 108 cm³/mol. The van der Waals surface area contributed by atoms with Gasteiger partial charge in [-0.15, -0.1) is 10.2 Å². The summed E-state index contributed by atoms with van der Waals surface area (Å²) in [4.78, 5) is 12.3. The topological polar surface area (TPSA) is 68.0 Å². The van der Waals surface area contributed by atoms with Gasteiger partial charge < -0.3 is 9.73 Å². The zero-order valence-electron chi connectivity index (χ0n) is 15.4. The van der Waals surface area contributed by atoms with E-state index < -0.39 is 0 Å². The predicted octanol–water partition coefficient (Wildman–Crippen LogP) is 4.64. The van der Waals surface area contributed by atoms with Crippen LogP contribution in [0.4, 0.5) is 0 Å². The summed E-state index contributed by atoms with van der Waals surface area (Å²) in [6.07, 6.45) is 0. The number of hydrogen-bond donors (Lipinski definition) is 1. The molecule has 1 heterocycles. The summed E-state index contributed by atoms with van der Waals surface area (Å²) < 4.78 is 5.78. The molecule has 0 spiro atoms. The summed E-state index contributed by atoms with van der Waals surface area (Å²) >= 11 is 0. The molecule has 138 valence electrons. The summed E-state index contributed by atoms with van der Waals surface area (Å²) in [7, 11) is 0. The van der Waals surface area contributed by atoms with Gasteiger partial charge in [0.15, 0.2) is 0 Å². The fourth-order valence-electron chi connectivity index (χ4n) is 2.80. The van der Waals surface area contributed by atoms with Crippen molar-refractivity contribution in [2.45, 2.75) is 13.5 Å². The van der Waals surface area contributed by atoms with Gasteiger partial charge in [-0.3, -0.25) is 4.79 Å². The van der Waals surface area contributed by atoms with E-state index in [0.717, 1.165) is 16.7 Å². The Kier molecular flexibility index (Phi) is 4.97. The second-order valence-electron chi connectivity index (χ2n) is 6.52. The van der Waals surface area contributed by atoms with E-state index in [4.69, 9.17) is 4.42 Å². The SMILES string of the molecule is Cc1ccc(-c2nnc(-c3ccc(C(=O)NCc4ccccc4)cc3)o2)cc1. The normalized spacial score (nSPS) is 10.6. The van der Waals surface area contributed by atoms with Crippen LogP contribution in [0.2, 0.25) is 0 Å². The first-order valence-corrected chi connectivity index (χ1v) is 9.02. The van der Waals surface area contributed by atoms with Gasteiger partial charge in [-0.1, -0.05) is 48.0 Å². The number of rotatable bonds is 5. The lowest BCUT2D eigenvalue weighted by atomic mass is 10.1. The zero-order valence-corrected chi connectivity index (χ0v) is 15.4. The Hall–Kier alpha value is -3.73. The van der Waals surface area contributed by atoms with E-state index >= 15 is 0 Å². The fourth-order valence-corrected chi connectivity index (χ4v) is 2.80. The van der Waals surface area contributed by atoms with Gasteiger partial charge in [0.25, 0.3) is 5.91 Å². The first-order valence-electron chi connectivity index (χ1n) is 9.02. The monoisotopic (exact) mass is 369 g/mol. The molecule has 1 N–H and O–H groups in total. The van der Waals surface area contributed by atoms with Gasteiger partial charge in [-0.05, 0) is 48.9 Å². The minimum atomic E-state index is -0.124. The maximum absolute atomic E-state index is 12.3. The van der Waals surface area contributed by atoms with Gasteiger partial charge in [0, 0.05) is 23.2 Å². The van der Waals surface area contributed by atoms with Crippen LogP contribution >= 0.6 is 0 Å². The van der Waals surface area contributed by atoms with E-state index in [1.165, 1.54) is 5.56 Å². The average molecular weight is 369 g/mol. The van der Waals surface area contributed by atoms with E-state index in [9.17, 15) is 4.79 Å². The summed E-state index contributed by atoms with van der Waals surface area (Å²) in [6, 6.07) is 24.8. The lowest BCUT2D eigenvalue weighted by molar-refractivity contribution is 0.0951. The van der Waals surface area contributed by atoms with Crippen molar-refractivity contribution in [3.63, 3.8) is 0 Å². The highest BCUT2D eigenvalue weighted by molar-refractivity contribution is 5.94. The van der Waals surface area contributed by atoms with E-state index in [0.29, 0.717) is 23.9 Å². The number of hydrogen-bond acceptors (Lipinski definition) is 4. The van der Waals surface area contributed by atoms with Gasteiger partial charge in [0.05, 0.1) is 0 Å². The number of aryl methyl sites for hydroxylation is 1. The fraction of sp³-hybridized carbons (Fsp3) is 0.0870. The molecule has 4 aromatic rings. The third-order valence-electron chi connectivity index (χ3n) is 4.41. The van der Waals surface area contributed by atoms with E-state index in [1.807, 2.05) is 73.7 Å². The highest BCUT2D eigenvalue weighted by atomic mass is 16.4. The molecular formula is C23H19N3O2. The van der Waals surface area contributed by atoms with Crippen LogP contribution in [0.5, 0.6) is 0 Å². The van der Waals surface area contributed by atoms with E-state index in [-0.39, 0.29) is 5.91 Å². The first kappa shape index (κ1) is 17.7. The molecule has 0 aliphatic rings. The Labute approximate surface area is 163 Å². The van der Waals surface area contributed by atoms with E-state index in [2.05, 4.69) is 15.5 Å². The van der Waals surface area contributed by atoms with Gasteiger partial charge in [0.1, 0.15) is 0 Å². The second kappa shape index (κ2) is 7.88. The number of nitrogens with zero attached hydrogens (tertiary/aromatic N) is 2. The van der Waals surface area contributed by atoms with Crippen LogP contribution in [-0.4, -0.2) is 16.1 Å². The molecule has 0 aliphatic heterocycles. The molecule has 1 amide bonds. The van der Waals surface area contributed by atoms with Crippen LogP contribution in [0, 0.1) is 6.92 Å². The molecule has 0 aliphatic carbocycles. The van der Waals surface area contributed by atoms with Gasteiger partial charge in [-0.2, -0.15) is 0 Å². The molecule has 0 bridgehead atoms. The van der Waals surface area contributed by atoms with Gasteiger partial charge in [0.2, 0.25) is 11.8 Å². The van der Waals surface area contributed by atoms with Crippen LogP contribution in [0.25, 0.3) is 22.9 Å². The lowest BCUT2D eigenvalue weighted by Crippen LogP contribution is -2.22. The third-order valence-corrected chi connectivity index (χ3v) is 4.41. The van der Waals surface area contributed by atoms with Crippen LogP contribution in [0.1, 0.15) is 21.5 Å². The van der Waals surface area contributed by atoms with Crippen molar-refractivity contribution in [1.82, 2.24) is 15.5 Å². The molecule has 28 heavy (non-hydrogen) atoms. The Balaban J connectivity index is 1.44. The van der Waals surface area contributed by atoms with Gasteiger partial charge in [-0.25, -0.2) is 0 Å². The summed E-state index contributed by atoms with van der Waals surface area (Å²) in [5, 5.41) is 11.1. The minimum Gasteiger partial charge on any atom is -0.416 e. The molecule has 0 saturated carbocycles. The summed E-state index contributed by atoms with van der Waals surface area (Å²) in [5.74, 6) is 0.771. The maximum atomic E-state index is 12.3. The van der Waals surface area contributed by atoms with Crippen LogP contribution in [-0.2, 0) is 6.54 Å². The molecule has 4 rings (SSSR count). The Morgan fingerprint density at radius 1 is 0.821 bits per heavy atom. The number of amides is 1. The average Bonchev–Trinajstić information content (AvgIpc) is 3.24. The Bertz CT molecular complexity index is 1070. The second-order valence-corrected chi connectivity index (χ2v) is 6.52. The summed E-state index contributed by atoms with van der Waals surface area (Å²) in [6.45, 7) is 2.52. The maximum Gasteiger partial charge on any atom is 0.251 e. The van der Waals surface area contributed by atoms with Crippen molar-refractivity contribution in [2.24, 2.45) is 0 Å². The highest BCUT2D eigenvalue weighted by Crippen LogP contribution is 2.24. The molecule has 0 unspecified atom stereocenters. The minimum absolute atomic E-state index is 0.124. The highest BCUT2D eigenvalue weighted by Gasteiger charge is 2.12. The molecule has 0 saturated heterocycles. The number of nitrogens with one attached hydrogen (secondary N) is 1. The van der Waals surface area contributed by atoms with Crippen LogP contribution in [0.15, 0.2) is 83.3 Å². The zero-order chi connectivity index (χ0) is 19.3.